The second-order valence-corrected chi connectivity index (χ2v) is 7.42. The van der Waals surface area contributed by atoms with Crippen molar-refractivity contribution in [2.45, 2.75) is 24.4 Å². The number of thioether (sulfide) groups is 1. The van der Waals surface area contributed by atoms with Gasteiger partial charge < -0.3 is 9.15 Å². The zero-order valence-corrected chi connectivity index (χ0v) is 16.6. The lowest BCUT2D eigenvalue weighted by Crippen LogP contribution is -2.03. The molecule has 0 saturated carbocycles. The predicted octanol–water partition coefficient (Wildman–Crippen LogP) is 5.20. The normalized spacial score (nSPS) is 10.9. The van der Waals surface area contributed by atoms with Crippen LogP contribution in [-0.2, 0) is 12.3 Å². The molecule has 0 aliphatic rings. The number of benzene rings is 2. The summed E-state index contributed by atoms with van der Waals surface area (Å²) in [6.07, 6.45) is 1.69. The van der Waals surface area contributed by atoms with Crippen LogP contribution < -0.4 is 4.74 Å². The van der Waals surface area contributed by atoms with Crippen LogP contribution in [0.5, 0.6) is 5.75 Å². The summed E-state index contributed by atoms with van der Waals surface area (Å²) in [6, 6.07) is 20.3. The van der Waals surface area contributed by atoms with Crippen molar-refractivity contribution in [3.05, 3.63) is 83.8 Å². The van der Waals surface area contributed by atoms with E-state index in [0.29, 0.717) is 6.54 Å². The van der Waals surface area contributed by atoms with E-state index in [0.717, 1.165) is 33.8 Å². The van der Waals surface area contributed by atoms with Crippen LogP contribution in [0.4, 0.5) is 0 Å². The predicted molar refractivity (Wildman–Crippen MR) is 111 cm³/mol. The lowest BCUT2D eigenvalue weighted by Gasteiger charge is -2.09. The van der Waals surface area contributed by atoms with Crippen LogP contribution in [0.15, 0.2) is 76.5 Å². The minimum absolute atomic E-state index is 0.581. The molecule has 4 aromatic rings. The summed E-state index contributed by atoms with van der Waals surface area (Å²) in [4.78, 5) is 0. The maximum atomic E-state index is 5.56. The highest BCUT2D eigenvalue weighted by atomic mass is 32.2. The van der Waals surface area contributed by atoms with Gasteiger partial charge in [0, 0.05) is 11.3 Å². The Bertz CT molecular complexity index is 1020. The largest absolute Gasteiger partial charge is 0.497 e. The number of rotatable bonds is 7. The molecule has 142 valence electrons. The highest BCUT2D eigenvalue weighted by molar-refractivity contribution is 7.98. The third-order valence-corrected chi connectivity index (χ3v) is 5.49. The molecule has 28 heavy (non-hydrogen) atoms. The van der Waals surface area contributed by atoms with E-state index in [1.807, 2.05) is 36.4 Å². The lowest BCUT2D eigenvalue weighted by atomic mass is 10.2. The third-order valence-electron chi connectivity index (χ3n) is 4.45. The van der Waals surface area contributed by atoms with E-state index in [2.05, 4.69) is 46.0 Å². The maximum absolute atomic E-state index is 5.56. The number of hydrogen-bond acceptors (Lipinski definition) is 5. The summed E-state index contributed by atoms with van der Waals surface area (Å²) in [5.74, 6) is 3.33. The Morgan fingerprint density at radius 2 is 1.79 bits per heavy atom. The molecule has 0 aliphatic heterocycles. The van der Waals surface area contributed by atoms with Crippen molar-refractivity contribution >= 4 is 11.8 Å². The molecule has 6 heteroatoms. The highest BCUT2D eigenvalue weighted by Gasteiger charge is 2.16. The number of nitrogens with zero attached hydrogens (tertiary/aromatic N) is 3. The molecule has 2 aromatic heterocycles. The number of aryl methyl sites for hydroxylation is 1. The Morgan fingerprint density at radius 3 is 2.46 bits per heavy atom. The number of ether oxygens (including phenoxy) is 1. The highest BCUT2D eigenvalue weighted by Crippen LogP contribution is 2.28. The van der Waals surface area contributed by atoms with Gasteiger partial charge in [0.25, 0.3) is 0 Å². The lowest BCUT2D eigenvalue weighted by molar-refractivity contribution is 0.415. The van der Waals surface area contributed by atoms with E-state index in [4.69, 9.17) is 9.15 Å². The second kappa shape index (κ2) is 8.35. The molecule has 0 spiro atoms. The summed E-state index contributed by atoms with van der Waals surface area (Å²) in [6.45, 7) is 2.68. The van der Waals surface area contributed by atoms with Gasteiger partial charge in [-0.1, -0.05) is 41.6 Å². The van der Waals surface area contributed by atoms with Crippen molar-refractivity contribution in [1.29, 1.82) is 0 Å². The maximum Gasteiger partial charge on any atom is 0.192 e. The zero-order valence-electron chi connectivity index (χ0n) is 15.8. The molecule has 0 bridgehead atoms. The van der Waals surface area contributed by atoms with Crippen LogP contribution in [-0.4, -0.2) is 21.9 Å². The van der Waals surface area contributed by atoms with Crippen molar-refractivity contribution in [2.75, 3.05) is 7.11 Å². The van der Waals surface area contributed by atoms with E-state index >= 15 is 0 Å². The van der Waals surface area contributed by atoms with Crippen LogP contribution in [0, 0.1) is 6.92 Å². The molecule has 0 fully saturated rings. The summed E-state index contributed by atoms with van der Waals surface area (Å²) in [5.41, 5.74) is 3.51. The summed E-state index contributed by atoms with van der Waals surface area (Å²) < 4.78 is 12.9. The number of hydrogen-bond donors (Lipinski definition) is 0. The Balaban J connectivity index is 1.63. The SMILES string of the molecule is COc1ccc(-c2nnc(SCc3ccc(C)cc3)n2Cc2ccco2)cc1. The standard InChI is InChI=1S/C22H21N3O2S/c1-16-5-7-17(8-6-16)15-28-22-24-23-21(18-9-11-19(26-2)12-10-18)25(22)14-20-4-3-13-27-20/h3-13H,14-15H2,1-2H3. The molecule has 0 amide bonds. The van der Waals surface area contributed by atoms with E-state index < -0.39 is 0 Å². The first-order valence-corrected chi connectivity index (χ1v) is 10.00. The van der Waals surface area contributed by atoms with Gasteiger partial charge in [-0.2, -0.15) is 0 Å². The monoisotopic (exact) mass is 391 g/mol. The van der Waals surface area contributed by atoms with E-state index in [1.165, 1.54) is 11.1 Å². The van der Waals surface area contributed by atoms with Gasteiger partial charge in [0.2, 0.25) is 0 Å². The molecule has 0 atom stereocenters. The molecule has 0 radical (unpaired) electrons. The van der Waals surface area contributed by atoms with Crippen LogP contribution in [0.25, 0.3) is 11.4 Å². The van der Waals surface area contributed by atoms with Gasteiger partial charge in [-0.25, -0.2) is 0 Å². The molecule has 0 aliphatic carbocycles. The van der Waals surface area contributed by atoms with Crippen molar-refractivity contribution in [1.82, 2.24) is 14.8 Å². The Kier molecular flexibility index (Phi) is 5.48. The molecular weight excluding hydrogens is 370 g/mol. The van der Waals surface area contributed by atoms with Crippen LogP contribution in [0.2, 0.25) is 0 Å². The number of furan rings is 1. The van der Waals surface area contributed by atoms with Gasteiger partial charge in [-0.15, -0.1) is 10.2 Å². The average molecular weight is 391 g/mol. The fourth-order valence-electron chi connectivity index (χ4n) is 2.88. The smallest absolute Gasteiger partial charge is 0.192 e. The first-order chi connectivity index (χ1) is 13.7. The molecule has 4 rings (SSSR count). The molecule has 2 aromatic carbocycles. The van der Waals surface area contributed by atoms with Crippen molar-refractivity contribution in [3.8, 4) is 17.1 Å². The second-order valence-electron chi connectivity index (χ2n) is 6.47. The molecule has 5 nitrogen and oxygen atoms in total. The number of aromatic nitrogens is 3. The van der Waals surface area contributed by atoms with E-state index in [-0.39, 0.29) is 0 Å². The van der Waals surface area contributed by atoms with Crippen molar-refractivity contribution in [2.24, 2.45) is 0 Å². The quantitative estimate of drug-likeness (QED) is 0.406. The van der Waals surface area contributed by atoms with E-state index in [9.17, 15) is 0 Å². The van der Waals surface area contributed by atoms with Gasteiger partial charge in [0.15, 0.2) is 11.0 Å². The van der Waals surface area contributed by atoms with Gasteiger partial charge in [-0.05, 0) is 48.9 Å². The molecule has 2 heterocycles. The Labute approximate surface area is 168 Å². The summed E-state index contributed by atoms with van der Waals surface area (Å²) in [5, 5.41) is 9.77. The van der Waals surface area contributed by atoms with Crippen LogP contribution in [0.3, 0.4) is 0 Å². The molecule has 0 N–H and O–H groups in total. The first kappa shape index (κ1) is 18.4. The zero-order chi connectivity index (χ0) is 19.3. The van der Waals surface area contributed by atoms with Crippen molar-refractivity contribution < 1.29 is 9.15 Å². The van der Waals surface area contributed by atoms with Gasteiger partial charge in [0.1, 0.15) is 11.5 Å². The minimum Gasteiger partial charge on any atom is -0.497 e. The number of methoxy groups -OCH3 is 1. The molecule has 0 unspecified atom stereocenters. The fourth-order valence-corrected chi connectivity index (χ4v) is 3.78. The van der Waals surface area contributed by atoms with Crippen molar-refractivity contribution in [3.63, 3.8) is 0 Å². The van der Waals surface area contributed by atoms with Crippen LogP contribution in [0.1, 0.15) is 16.9 Å². The first-order valence-electron chi connectivity index (χ1n) is 9.01. The average Bonchev–Trinajstić information content (AvgIpc) is 3.38. The van der Waals surface area contributed by atoms with Gasteiger partial charge in [0.05, 0.1) is 19.9 Å². The third kappa shape index (κ3) is 4.12. The fraction of sp³-hybridized carbons (Fsp3) is 0.182. The van der Waals surface area contributed by atoms with Gasteiger partial charge >= 0.3 is 0 Å². The Morgan fingerprint density at radius 1 is 1.00 bits per heavy atom. The minimum atomic E-state index is 0.581. The van der Waals surface area contributed by atoms with E-state index in [1.54, 1.807) is 25.1 Å². The Hall–Kier alpha value is -2.99. The summed E-state index contributed by atoms with van der Waals surface area (Å²) in [7, 11) is 1.66. The summed E-state index contributed by atoms with van der Waals surface area (Å²) >= 11 is 1.67. The van der Waals surface area contributed by atoms with Gasteiger partial charge in [-0.3, -0.25) is 4.57 Å². The molecular formula is C22H21N3O2S. The van der Waals surface area contributed by atoms with Crippen LogP contribution >= 0.6 is 11.8 Å². The topological polar surface area (TPSA) is 53.1 Å². The molecule has 0 saturated heterocycles.